The molecule has 5 nitrogen and oxygen atoms in total. The maximum Gasteiger partial charge on any atom is 0.374 e. The van der Waals surface area contributed by atoms with E-state index in [2.05, 4.69) is 7.05 Å². The number of quaternary nitrogens is 1. The molecule has 1 aromatic carbocycles. The van der Waals surface area contributed by atoms with Gasteiger partial charge in [-0.3, -0.25) is 0 Å². The lowest BCUT2D eigenvalue weighted by atomic mass is 10.1. The summed E-state index contributed by atoms with van der Waals surface area (Å²) in [5.74, 6) is -0.0700. The van der Waals surface area contributed by atoms with Crippen LogP contribution < -0.4 is 24.0 Å². The molecule has 0 aliphatic carbocycles. The molecule has 1 fully saturated rings. The molecular weight excluding hydrogens is 409 g/mol. The molecule has 1 aliphatic rings. The fourth-order valence-electron chi connectivity index (χ4n) is 2.80. The van der Waals surface area contributed by atoms with E-state index in [9.17, 15) is 4.79 Å². The number of aryl methyl sites for hydroxylation is 1. The standard InChI is InChI=1S/C17H22NO4.HI/c1-13-14-5-3-4-6-15(14)22-16(13)17(19)21-12-9-18(2)7-10-20-11-8-18;/h3-6H,7-12H2,1-2H3;1H/q+1;/p-1. The number of para-hydroxylation sites is 1. The second-order valence-corrected chi connectivity index (χ2v) is 6.09. The Balaban J connectivity index is 0.00000192. The van der Waals surface area contributed by atoms with Crippen molar-refractivity contribution in [2.75, 3.05) is 46.5 Å². The lowest BCUT2D eigenvalue weighted by molar-refractivity contribution is -0.917. The molecule has 2 aromatic rings. The van der Waals surface area contributed by atoms with Gasteiger partial charge in [0, 0.05) is 10.9 Å². The molecule has 1 saturated heterocycles. The van der Waals surface area contributed by atoms with Crippen molar-refractivity contribution < 1.29 is 47.1 Å². The number of esters is 1. The highest BCUT2D eigenvalue weighted by atomic mass is 127. The first-order valence-electron chi connectivity index (χ1n) is 7.66. The van der Waals surface area contributed by atoms with E-state index in [1.165, 1.54) is 0 Å². The van der Waals surface area contributed by atoms with Crippen molar-refractivity contribution in [2.24, 2.45) is 0 Å². The number of halogens is 1. The normalized spacial score (nSPS) is 16.8. The largest absolute Gasteiger partial charge is 1.00 e. The van der Waals surface area contributed by atoms with Crippen LogP contribution in [0.25, 0.3) is 11.0 Å². The van der Waals surface area contributed by atoms with E-state index < -0.39 is 0 Å². The zero-order valence-electron chi connectivity index (χ0n) is 13.5. The number of furan rings is 1. The van der Waals surface area contributed by atoms with Gasteiger partial charge in [0.05, 0.1) is 20.3 Å². The zero-order valence-corrected chi connectivity index (χ0v) is 15.7. The number of likely N-dealkylation sites (N-methyl/N-ethyl adjacent to an activating group) is 1. The van der Waals surface area contributed by atoms with Gasteiger partial charge in [0.2, 0.25) is 5.76 Å². The van der Waals surface area contributed by atoms with E-state index in [1.54, 1.807) is 0 Å². The van der Waals surface area contributed by atoms with Gasteiger partial charge >= 0.3 is 5.97 Å². The van der Waals surface area contributed by atoms with Crippen LogP contribution in [0.15, 0.2) is 28.7 Å². The lowest BCUT2D eigenvalue weighted by Gasteiger charge is -2.37. The summed E-state index contributed by atoms with van der Waals surface area (Å²) in [5, 5.41) is 0.960. The van der Waals surface area contributed by atoms with E-state index in [1.807, 2.05) is 31.2 Å². The highest BCUT2D eigenvalue weighted by Crippen LogP contribution is 2.25. The molecule has 0 amide bonds. The smallest absolute Gasteiger partial charge is 0.374 e. The Morgan fingerprint density at radius 2 is 1.96 bits per heavy atom. The van der Waals surface area contributed by atoms with Gasteiger partial charge in [-0.25, -0.2) is 4.79 Å². The summed E-state index contributed by atoms with van der Waals surface area (Å²) in [6.07, 6.45) is 0. The number of carbonyl (C=O) groups is 1. The third-order valence-corrected chi connectivity index (χ3v) is 4.44. The Labute approximate surface area is 153 Å². The Kier molecular flexibility index (Phi) is 6.05. The molecule has 0 spiro atoms. The van der Waals surface area contributed by atoms with E-state index in [4.69, 9.17) is 13.9 Å². The van der Waals surface area contributed by atoms with Crippen LogP contribution in [0.3, 0.4) is 0 Å². The highest BCUT2D eigenvalue weighted by molar-refractivity contribution is 5.95. The number of rotatable bonds is 4. The third-order valence-electron chi connectivity index (χ3n) is 4.44. The number of morpholine rings is 1. The predicted octanol–water partition coefficient (Wildman–Crippen LogP) is -0.621. The second kappa shape index (κ2) is 7.63. The van der Waals surface area contributed by atoms with Gasteiger partial charge in [-0.15, -0.1) is 0 Å². The summed E-state index contributed by atoms with van der Waals surface area (Å²) >= 11 is 0. The maximum atomic E-state index is 12.2. The van der Waals surface area contributed by atoms with Crippen molar-refractivity contribution in [3.63, 3.8) is 0 Å². The Hall–Kier alpha value is -1.12. The minimum Gasteiger partial charge on any atom is -1.00 e. The molecule has 6 heteroatoms. The fraction of sp³-hybridized carbons (Fsp3) is 0.471. The number of nitrogens with zero attached hydrogens (tertiary/aromatic N) is 1. The van der Waals surface area contributed by atoms with Crippen molar-refractivity contribution in [1.82, 2.24) is 0 Å². The number of ether oxygens (including phenoxy) is 2. The van der Waals surface area contributed by atoms with Crippen molar-refractivity contribution in [3.8, 4) is 0 Å². The van der Waals surface area contributed by atoms with Gasteiger partial charge in [-0.2, -0.15) is 0 Å². The minimum absolute atomic E-state index is 0. The SMILES string of the molecule is Cc1c(C(=O)OCC[N+]2(C)CCOCC2)oc2ccccc12.[I-]. The molecule has 0 radical (unpaired) electrons. The van der Waals surface area contributed by atoms with Crippen LogP contribution in [0.4, 0.5) is 0 Å². The van der Waals surface area contributed by atoms with Gasteiger partial charge in [0.15, 0.2) is 0 Å². The third kappa shape index (κ3) is 4.05. The highest BCUT2D eigenvalue weighted by Gasteiger charge is 2.26. The van der Waals surface area contributed by atoms with Crippen molar-refractivity contribution >= 4 is 16.9 Å². The lowest BCUT2D eigenvalue weighted by Crippen LogP contribution is -3.00. The van der Waals surface area contributed by atoms with Gasteiger partial charge in [-0.1, -0.05) is 18.2 Å². The minimum atomic E-state index is -0.381. The number of carbonyl (C=O) groups excluding carboxylic acids is 1. The Bertz CT molecular complexity index is 676. The summed E-state index contributed by atoms with van der Waals surface area (Å²) in [4.78, 5) is 12.2. The fourth-order valence-corrected chi connectivity index (χ4v) is 2.80. The van der Waals surface area contributed by atoms with Crippen molar-refractivity contribution in [1.29, 1.82) is 0 Å². The maximum absolute atomic E-state index is 12.2. The van der Waals surface area contributed by atoms with Gasteiger partial charge in [0.1, 0.15) is 31.8 Å². The molecule has 1 aromatic heterocycles. The van der Waals surface area contributed by atoms with Crippen molar-refractivity contribution in [2.45, 2.75) is 6.92 Å². The first-order valence-corrected chi connectivity index (χ1v) is 7.66. The van der Waals surface area contributed by atoms with E-state index in [-0.39, 0.29) is 29.9 Å². The van der Waals surface area contributed by atoms with Gasteiger partial charge in [0.25, 0.3) is 0 Å². The predicted molar refractivity (Wildman–Crippen MR) is 82.8 cm³/mol. The average molecular weight is 431 g/mol. The van der Waals surface area contributed by atoms with Crippen LogP contribution >= 0.6 is 0 Å². The molecule has 126 valence electrons. The van der Waals surface area contributed by atoms with Gasteiger partial charge in [-0.05, 0) is 13.0 Å². The quantitative estimate of drug-likeness (QED) is 0.368. The van der Waals surface area contributed by atoms with Gasteiger partial charge < -0.3 is 42.4 Å². The van der Waals surface area contributed by atoms with Crippen molar-refractivity contribution in [3.05, 3.63) is 35.6 Å². The van der Waals surface area contributed by atoms with E-state index >= 15 is 0 Å². The molecule has 0 bridgehead atoms. The summed E-state index contributed by atoms with van der Waals surface area (Å²) in [6.45, 7) is 6.54. The number of fused-ring (bicyclic) bond motifs is 1. The summed E-state index contributed by atoms with van der Waals surface area (Å²) < 4.78 is 17.3. The van der Waals surface area contributed by atoms with Crippen LogP contribution in [-0.2, 0) is 9.47 Å². The van der Waals surface area contributed by atoms with Crippen LogP contribution in [0, 0.1) is 6.92 Å². The van der Waals surface area contributed by atoms with Crippen LogP contribution in [0.1, 0.15) is 16.1 Å². The van der Waals surface area contributed by atoms with E-state index in [0.29, 0.717) is 12.4 Å². The first-order chi connectivity index (χ1) is 10.6. The molecule has 3 rings (SSSR count). The van der Waals surface area contributed by atoms with Crippen LogP contribution in [0.2, 0.25) is 0 Å². The summed E-state index contributed by atoms with van der Waals surface area (Å²) in [5.41, 5.74) is 1.56. The van der Waals surface area contributed by atoms with Crippen LogP contribution in [0.5, 0.6) is 0 Å². The second-order valence-electron chi connectivity index (χ2n) is 6.09. The number of hydrogen-bond acceptors (Lipinski definition) is 4. The molecule has 23 heavy (non-hydrogen) atoms. The first kappa shape index (κ1) is 18.2. The molecule has 0 saturated carbocycles. The molecular formula is C17H22INO4. The molecule has 0 atom stereocenters. The zero-order chi connectivity index (χ0) is 15.6. The summed E-state index contributed by atoms with van der Waals surface area (Å²) in [7, 11) is 2.17. The Morgan fingerprint density at radius 1 is 1.26 bits per heavy atom. The molecule has 0 unspecified atom stereocenters. The molecule has 1 aliphatic heterocycles. The van der Waals surface area contributed by atoms with E-state index in [0.717, 1.165) is 53.9 Å². The average Bonchev–Trinajstić information content (AvgIpc) is 2.85. The number of hydrogen-bond donors (Lipinski definition) is 0. The molecule has 2 heterocycles. The Morgan fingerprint density at radius 3 is 2.65 bits per heavy atom. The topological polar surface area (TPSA) is 48.7 Å². The number of benzene rings is 1. The summed E-state index contributed by atoms with van der Waals surface area (Å²) in [6, 6.07) is 7.64. The molecule has 0 N–H and O–H groups in total. The van der Waals surface area contributed by atoms with Crippen LogP contribution in [-0.4, -0.2) is 57.0 Å². The monoisotopic (exact) mass is 431 g/mol.